The van der Waals surface area contributed by atoms with Gasteiger partial charge in [0.1, 0.15) is 0 Å². The van der Waals surface area contributed by atoms with Gasteiger partial charge in [0.15, 0.2) is 0 Å². The largest absolute Gasteiger partial charge is 0.351 e. The number of aryl methyl sites for hydroxylation is 1. The number of nitrogens with zero attached hydrogens (tertiary/aromatic N) is 1. The van der Waals surface area contributed by atoms with Gasteiger partial charge in [-0.2, -0.15) is 0 Å². The average molecular weight is 334 g/mol. The average Bonchev–Trinajstić information content (AvgIpc) is 3.08. The molecular weight excluding hydrogens is 308 g/mol. The second-order valence-electron chi connectivity index (χ2n) is 6.74. The van der Waals surface area contributed by atoms with E-state index in [4.69, 9.17) is 0 Å². The highest BCUT2D eigenvalue weighted by Gasteiger charge is 2.34. The summed E-state index contributed by atoms with van der Waals surface area (Å²) in [5.41, 5.74) is 0. The van der Waals surface area contributed by atoms with Crippen molar-refractivity contribution in [3.05, 3.63) is 22.4 Å². The number of nitrogens with one attached hydrogen (secondary N) is 1. The molecule has 1 saturated heterocycles. The molecule has 1 aliphatic heterocycles. The number of hydrogen-bond donors (Lipinski definition) is 1. The SMILES string of the molecule is O=C(CCc1cccs1)N[C@@H]1CC(=O)N(C2CCCCCC2)C1. The van der Waals surface area contributed by atoms with Crippen molar-refractivity contribution >= 4 is 23.2 Å². The van der Waals surface area contributed by atoms with Crippen LogP contribution in [0.5, 0.6) is 0 Å². The Morgan fingerprint density at radius 1 is 1.26 bits per heavy atom. The van der Waals surface area contributed by atoms with Crippen LogP contribution in [0.25, 0.3) is 0 Å². The predicted octanol–water partition coefficient (Wildman–Crippen LogP) is 3.12. The van der Waals surface area contributed by atoms with E-state index in [1.54, 1.807) is 11.3 Å². The van der Waals surface area contributed by atoms with Crippen LogP contribution in [0.2, 0.25) is 0 Å². The minimum absolute atomic E-state index is 0.00147. The van der Waals surface area contributed by atoms with Crippen LogP contribution in [0.15, 0.2) is 17.5 Å². The molecule has 2 fully saturated rings. The van der Waals surface area contributed by atoms with Crippen molar-refractivity contribution in [3.8, 4) is 0 Å². The Bertz CT molecular complexity index is 521. The van der Waals surface area contributed by atoms with Crippen molar-refractivity contribution < 1.29 is 9.59 Å². The van der Waals surface area contributed by atoms with Gasteiger partial charge in [-0.05, 0) is 30.7 Å². The first-order valence-electron chi connectivity index (χ1n) is 8.83. The quantitative estimate of drug-likeness (QED) is 0.841. The third kappa shape index (κ3) is 4.56. The topological polar surface area (TPSA) is 49.4 Å². The van der Waals surface area contributed by atoms with E-state index in [1.165, 1.54) is 30.6 Å². The Labute approximate surface area is 142 Å². The van der Waals surface area contributed by atoms with Crippen LogP contribution in [0.3, 0.4) is 0 Å². The molecule has 1 atom stereocenters. The fourth-order valence-electron chi connectivity index (χ4n) is 3.74. The summed E-state index contributed by atoms with van der Waals surface area (Å²) in [6, 6.07) is 4.47. The summed E-state index contributed by atoms with van der Waals surface area (Å²) < 4.78 is 0. The lowest BCUT2D eigenvalue weighted by atomic mass is 10.1. The van der Waals surface area contributed by atoms with E-state index in [0.717, 1.165) is 19.3 Å². The number of amides is 2. The van der Waals surface area contributed by atoms with Crippen molar-refractivity contribution in [2.45, 2.75) is 69.9 Å². The molecule has 0 aromatic carbocycles. The molecule has 0 spiro atoms. The number of rotatable bonds is 5. The molecule has 1 aromatic heterocycles. The molecule has 23 heavy (non-hydrogen) atoms. The molecule has 1 saturated carbocycles. The van der Waals surface area contributed by atoms with Gasteiger partial charge in [-0.3, -0.25) is 9.59 Å². The molecule has 4 nitrogen and oxygen atoms in total. The standard InChI is InChI=1S/C18H26N2O2S/c21-17(10-9-16-8-5-11-23-16)19-14-12-18(22)20(13-14)15-6-3-1-2-4-7-15/h5,8,11,14-15H,1-4,6-7,9-10,12-13H2,(H,19,21)/t14-/m1/s1. The minimum atomic E-state index is 0.00147. The van der Waals surface area contributed by atoms with Gasteiger partial charge in [0.2, 0.25) is 11.8 Å². The first-order valence-corrected chi connectivity index (χ1v) is 9.71. The smallest absolute Gasteiger partial charge is 0.225 e. The van der Waals surface area contributed by atoms with E-state index in [9.17, 15) is 9.59 Å². The summed E-state index contributed by atoms with van der Waals surface area (Å²) in [5.74, 6) is 0.291. The van der Waals surface area contributed by atoms with E-state index >= 15 is 0 Å². The van der Waals surface area contributed by atoms with Crippen LogP contribution < -0.4 is 5.32 Å². The second-order valence-corrected chi connectivity index (χ2v) is 7.77. The van der Waals surface area contributed by atoms with Gasteiger partial charge in [-0.25, -0.2) is 0 Å². The Morgan fingerprint density at radius 3 is 2.74 bits per heavy atom. The zero-order valence-electron chi connectivity index (χ0n) is 13.6. The van der Waals surface area contributed by atoms with Crippen LogP contribution in [-0.4, -0.2) is 35.3 Å². The molecule has 126 valence electrons. The zero-order valence-corrected chi connectivity index (χ0v) is 14.4. The van der Waals surface area contributed by atoms with Gasteiger partial charge in [0.05, 0.1) is 6.04 Å². The zero-order chi connectivity index (χ0) is 16.1. The Balaban J connectivity index is 1.46. The van der Waals surface area contributed by atoms with Crippen LogP contribution >= 0.6 is 11.3 Å². The highest BCUT2D eigenvalue weighted by atomic mass is 32.1. The molecule has 1 aliphatic carbocycles. The molecule has 0 bridgehead atoms. The van der Waals surface area contributed by atoms with Gasteiger partial charge in [-0.1, -0.05) is 31.7 Å². The van der Waals surface area contributed by atoms with Crippen molar-refractivity contribution in [1.29, 1.82) is 0 Å². The normalized spacial score (nSPS) is 23.0. The van der Waals surface area contributed by atoms with Gasteiger partial charge in [0, 0.05) is 30.3 Å². The number of hydrogen-bond acceptors (Lipinski definition) is 3. The summed E-state index contributed by atoms with van der Waals surface area (Å²) in [6.45, 7) is 0.703. The summed E-state index contributed by atoms with van der Waals surface area (Å²) >= 11 is 1.69. The summed E-state index contributed by atoms with van der Waals surface area (Å²) in [4.78, 5) is 27.7. The number of carbonyl (C=O) groups excluding carboxylic acids is 2. The highest BCUT2D eigenvalue weighted by Crippen LogP contribution is 2.25. The van der Waals surface area contributed by atoms with Gasteiger partial charge in [0.25, 0.3) is 0 Å². The maximum atomic E-state index is 12.3. The van der Waals surface area contributed by atoms with Crippen molar-refractivity contribution in [2.24, 2.45) is 0 Å². The van der Waals surface area contributed by atoms with E-state index in [0.29, 0.717) is 25.4 Å². The maximum absolute atomic E-state index is 12.3. The molecule has 3 rings (SSSR count). The molecular formula is C18H26N2O2S. The molecule has 2 aliphatic rings. The third-order valence-electron chi connectivity index (χ3n) is 4.97. The third-order valence-corrected chi connectivity index (χ3v) is 5.90. The summed E-state index contributed by atoms with van der Waals surface area (Å²) in [7, 11) is 0. The fourth-order valence-corrected chi connectivity index (χ4v) is 4.45. The Morgan fingerprint density at radius 2 is 2.04 bits per heavy atom. The molecule has 0 radical (unpaired) electrons. The fraction of sp³-hybridized carbons (Fsp3) is 0.667. The van der Waals surface area contributed by atoms with Gasteiger partial charge < -0.3 is 10.2 Å². The minimum Gasteiger partial charge on any atom is -0.351 e. The highest BCUT2D eigenvalue weighted by molar-refractivity contribution is 7.09. The van der Waals surface area contributed by atoms with E-state index < -0.39 is 0 Å². The number of carbonyl (C=O) groups is 2. The number of likely N-dealkylation sites (tertiary alicyclic amines) is 1. The van der Waals surface area contributed by atoms with Gasteiger partial charge in [-0.15, -0.1) is 11.3 Å². The lowest BCUT2D eigenvalue weighted by Gasteiger charge is -2.27. The first kappa shape index (κ1) is 16.5. The monoisotopic (exact) mass is 334 g/mol. The maximum Gasteiger partial charge on any atom is 0.225 e. The van der Waals surface area contributed by atoms with Crippen LogP contribution in [-0.2, 0) is 16.0 Å². The number of thiophene rings is 1. The molecule has 1 N–H and O–H groups in total. The summed E-state index contributed by atoms with van der Waals surface area (Å²) in [6.07, 6.45) is 9.07. The van der Waals surface area contributed by atoms with Crippen molar-refractivity contribution in [3.63, 3.8) is 0 Å². The molecule has 2 amide bonds. The van der Waals surface area contributed by atoms with Crippen LogP contribution in [0.4, 0.5) is 0 Å². The lowest BCUT2D eigenvalue weighted by Crippen LogP contribution is -2.40. The van der Waals surface area contributed by atoms with Crippen molar-refractivity contribution in [1.82, 2.24) is 10.2 Å². The van der Waals surface area contributed by atoms with Crippen molar-refractivity contribution in [2.75, 3.05) is 6.54 Å². The van der Waals surface area contributed by atoms with E-state index in [-0.39, 0.29) is 17.9 Å². The van der Waals surface area contributed by atoms with Gasteiger partial charge >= 0.3 is 0 Å². The predicted molar refractivity (Wildman–Crippen MR) is 92.4 cm³/mol. The summed E-state index contributed by atoms with van der Waals surface area (Å²) in [5, 5.41) is 5.09. The molecule has 5 heteroatoms. The Kier molecular flexibility index (Phi) is 5.70. The van der Waals surface area contributed by atoms with Crippen LogP contribution in [0, 0.1) is 0 Å². The molecule has 0 unspecified atom stereocenters. The lowest BCUT2D eigenvalue weighted by molar-refractivity contribution is -0.129. The Hall–Kier alpha value is -1.36. The van der Waals surface area contributed by atoms with E-state index in [2.05, 4.69) is 11.4 Å². The second kappa shape index (κ2) is 7.95. The first-order chi connectivity index (χ1) is 11.2. The van der Waals surface area contributed by atoms with Crippen LogP contribution in [0.1, 0.15) is 56.2 Å². The molecule has 1 aromatic rings. The molecule has 2 heterocycles. The van der Waals surface area contributed by atoms with E-state index in [1.807, 2.05) is 16.3 Å².